The van der Waals surface area contributed by atoms with E-state index in [1.54, 1.807) is 11.3 Å². The minimum atomic E-state index is -0.695. The Kier molecular flexibility index (Phi) is 5.33. The molecule has 0 fully saturated rings. The molecule has 1 heterocycles. The fourth-order valence-electron chi connectivity index (χ4n) is 2.28. The summed E-state index contributed by atoms with van der Waals surface area (Å²) in [6, 6.07) is 10.7. The lowest BCUT2D eigenvalue weighted by molar-refractivity contribution is -0.142. The molecule has 0 aliphatic rings. The second kappa shape index (κ2) is 7.22. The van der Waals surface area contributed by atoms with Crippen LogP contribution in [0.25, 0.3) is 0 Å². The van der Waals surface area contributed by atoms with Gasteiger partial charge in [0.1, 0.15) is 6.04 Å². The van der Waals surface area contributed by atoms with Gasteiger partial charge >= 0.3 is 5.97 Å². The van der Waals surface area contributed by atoms with E-state index in [9.17, 15) is 9.59 Å². The van der Waals surface area contributed by atoms with E-state index in [0.717, 1.165) is 15.3 Å². The molecule has 0 aliphatic heterocycles. The third-order valence-electron chi connectivity index (χ3n) is 3.36. The Morgan fingerprint density at radius 1 is 1.23 bits per heavy atom. The molecule has 0 unspecified atom stereocenters. The maximum absolute atomic E-state index is 12.4. The molecule has 1 aromatic heterocycles. The molecule has 0 bridgehead atoms. The zero-order chi connectivity index (χ0) is 16.1. The molecule has 1 atom stereocenters. The van der Waals surface area contributed by atoms with E-state index in [4.69, 9.17) is 4.74 Å². The fourth-order valence-corrected chi connectivity index (χ4v) is 3.20. The standard InChI is InChI=1S/C17H19NO3S/c1-11-9-14(12(2)22-11)16(19)18-15(17(20)21-3)10-13-7-5-4-6-8-13/h4-9,15H,10H2,1-3H3,(H,18,19)/t15-/m0/s1. The number of carbonyl (C=O) groups excluding carboxylic acids is 2. The first-order valence-electron chi connectivity index (χ1n) is 7.01. The third kappa shape index (κ3) is 3.95. The molecule has 0 aliphatic carbocycles. The van der Waals surface area contributed by atoms with Gasteiger partial charge in [-0.2, -0.15) is 0 Å². The zero-order valence-corrected chi connectivity index (χ0v) is 13.7. The van der Waals surface area contributed by atoms with Gasteiger partial charge in [0.05, 0.1) is 12.7 Å². The molecule has 5 heteroatoms. The van der Waals surface area contributed by atoms with E-state index in [0.29, 0.717) is 12.0 Å². The number of amides is 1. The molecule has 116 valence electrons. The number of nitrogens with one attached hydrogen (secondary N) is 1. The highest BCUT2D eigenvalue weighted by atomic mass is 32.1. The molecule has 0 radical (unpaired) electrons. The van der Waals surface area contributed by atoms with Crippen molar-refractivity contribution in [2.75, 3.05) is 7.11 Å². The second-order valence-electron chi connectivity index (χ2n) is 5.07. The van der Waals surface area contributed by atoms with Gasteiger partial charge in [-0.05, 0) is 25.5 Å². The van der Waals surface area contributed by atoms with Crippen molar-refractivity contribution in [2.45, 2.75) is 26.3 Å². The van der Waals surface area contributed by atoms with E-state index in [2.05, 4.69) is 5.32 Å². The number of benzene rings is 1. The van der Waals surface area contributed by atoms with Crippen LogP contribution in [-0.2, 0) is 16.0 Å². The molecule has 1 aromatic carbocycles. The highest BCUT2D eigenvalue weighted by Gasteiger charge is 2.23. The summed E-state index contributed by atoms with van der Waals surface area (Å²) in [4.78, 5) is 26.3. The summed E-state index contributed by atoms with van der Waals surface area (Å²) in [5, 5.41) is 2.78. The van der Waals surface area contributed by atoms with Crippen LogP contribution in [0.3, 0.4) is 0 Å². The second-order valence-corrected chi connectivity index (χ2v) is 6.53. The maximum Gasteiger partial charge on any atom is 0.328 e. The van der Waals surface area contributed by atoms with Gasteiger partial charge < -0.3 is 10.1 Å². The van der Waals surface area contributed by atoms with Crippen LogP contribution < -0.4 is 5.32 Å². The van der Waals surface area contributed by atoms with Gasteiger partial charge in [-0.15, -0.1) is 11.3 Å². The van der Waals surface area contributed by atoms with E-state index in [1.165, 1.54) is 7.11 Å². The average Bonchev–Trinajstić information content (AvgIpc) is 2.85. The summed E-state index contributed by atoms with van der Waals surface area (Å²) >= 11 is 1.57. The van der Waals surface area contributed by atoms with Crippen molar-refractivity contribution in [1.82, 2.24) is 5.32 Å². The van der Waals surface area contributed by atoms with Crippen molar-refractivity contribution >= 4 is 23.2 Å². The molecule has 1 amide bonds. The van der Waals surface area contributed by atoms with Crippen molar-refractivity contribution in [1.29, 1.82) is 0 Å². The van der Waals surface area contributed by atoms with Crippen LogP contribution in [0.5, 0.6) is 0 Å². The highest BCUT2D eigenvalue weighted by Crippen LogP contribution is 2.20. The van der Waals surface area contributed by atoms with Gasteiger partial charge in [0.25, 0.3) is 5.91 Å². The molecule has 0 saturated heterocycles. The Morgan fingerprint density at radius 3 is 2.45 bits per heavy atom. The number of hydrogen-bond acceptors (Lipinski definition) is 4. The van der Waals surface area contributed by atoms with E-state index < -0.39 is 12.0 Å². The van der Waals surface area contributed by atoms with E-state index in [-0.39, 0.29) is 5.91 Å². The summed E-state index contributed by atoms with van der Waals surface area (Å²) in [6.07, 6.45) is 0.404. The van der Waals surface area contributed by atoms with Crippen molar-refractivity contribution < 1.29 is 14.3 Å². The third-order valence-corrected chi connectivity index (χ3v) is 4.33. The minimum Gasteiger partial charge on any atom is -0.467 e. The van der Waals surface area contributed by atoms with Gasteiger partial charge in [-0.3, -0.25) is 4.79 Å². The smallest absolute Gasteiger partial charge is 0.328 e. The molecule has 0 spiro atoms. The first-order valence-corrected chi connectivity index (χ1v) is 7.82. The predicted octanol–water partition coefficient (Wildman–Crippen LogP) is 2.88. The normalized spacial score (nSPS) is 11.8. The van der Waals surface area contributed by atoms with Crippen molar-refractivity contribution in [2.24, 2.45) is 0 Å². The van der Waals surface area contributed by atoms with Crippen LogP contribution >= 0.6 is 11.3 Å². The van der Waals surface area contributed by atoms with E-state index >= 15 is 0 Å². The Bertz CT molecular complexity index is 664. The molecule has 4 nitrogen and oxygen atoms in total. The molecule has 2 rings (SSSR count). The molecule has 1 N–H and O–H groups in total. The summed E-state index contributed by atoms with van der Waals surface area (Å²) in [7, 11) is 1.33. The van der Waals surface area contributed by atoms with Crippen LogP contribution in [0.4, 0.5) is 0 Å². The number of esters is 1. The lowest BCUT2D eigenvalue weighted by Crippen LogP contribution is -2.43. The van der Waals surface area contributed by atoms with Crippen LogP contribution in [-0.4, -0.2) is 25.0 Å². The van der Waals surface area contributed by atoms with E-state index in [1.807, 2.05) is 50.2 Å². The van der Waals surface area contributed by atoms with Crippen molar-refractivity contribution in [3.8, 4) is 0 Å². The number of aryl methyl sites for hydroxylation is 2. The fraction of sp³-hybridized carbons (Fsp3) is 0.294. The van der Waals surface area contributed by atoms with Gasteiger partial charge in [0, 0.05) is 16.2 Å². The summed E-state index contributed by atoms with van der Waals surface area (Å²) in [6.45, 7) is 3.85. The van der Waals surface area contributed by atoms with Gasteiger partial charge in [0.2, 0.25) is 0 Å². The Balaban J connectivity index is 2.14. The molecule has 2 aromatic rings. The van der Waals surface area contributed by atoms with Crippen LogP contribution in [0, 0.1) is 13.8 Å². The SMILES string of the molecule is COC(=O)[C@H](Cc1ccccc1)NC(=O)c1cc(C)sc1C. The van der Waals surface area contributed by atoms with Crippen molar-refractivity contribution in [3.63, 3.8) is 0 Å². The summed E-state index contributed by atoms with van der Waals surface area (Å²) in [5.41, 5.74) is 1.58. The predicted molar refractivity (Wildman–Crippen MR) is 87.2 cm³/mol. The van der Waals surface area contributed by atoms with Gasteiger partial charge in [0.15, 0.2) is 0 Å². The zero-order valence-electron chi connectivity index (χ0n) is 12.9. The number of methoxy groups -OCH3 is 1. The monoisotopic (exact) mass is 317 g/mol. The first kappa shape index (κ1) is 16.2. The number of ether oxygens (including phenoxy) is 1. The molecular formula is C17H19NO3S. The van der Waals surface area contributed by atoms with Gasteiger partial charge in [-0.1, -0.05) is 30.3 Å². The van der Waals surface area contributed by atoms with Gasteiger partial charge in [-0.25, -0.2) is 4.79 Å². The Labute approximate surface area is 134 Å². The van der Waals surface area contributed by atoms with Crippen LogP contribution in [0.15, 0.2) is 36.4 Å². The topological polar surface area (TPSA) is 55.4 Å². The highest BCUT2D eigenvalue weighted by molar-refractivity contribution is 7.12. The first-order chi connectivity index (χ1) is 10.5. The average molecular weight is 317 g/mol. The number of thiophene rings is 1. The molecule has 22 heavy (non-hydrogen) atoms. The lowest BCUT2D eigenvalue weighted by atomic mass is 10.1. The minimum absolute atomic E-state index is 0.242. The lowest BCUT2D eigenvalue weighted by Gasteiger charge is -2.16. The molecular weight excluding hydrogens is 298 g/mol. The largest absolute Gasteiger partial charge is 0.467 e. The number of carbonyl (C=O) groups is 2. The maximum atomic E-state index is 12.4. The summed E-state index contributed by atoms with van der Waals surface area (Å²) < 4.78 is 4.81. The van der Waals surface area contributed by atoms with Crippen molar-refractivity contribution in [3.05, 3.63) is 57.3 Å². The molecule has 0 saturated carbocycles. The Hall–Kier alpha value is -2.14. The quantitative estimate of drug-likeness (QED) is 0.863. The number of hydrogen-bond donors (Lipinski definition) is 1. The van der Waals surface area contributed by atoms with Crippen LogP contribution in [0.1, 0.15) is 25.7 Å². The summed E-state index contributed by atoms with van der Waals surface area (Å²) in [5.74, 6) is -0.685. The Morgan fingerprint density at radius 2 is 1.91 bits per heavy atom. The van der Waals surface area contributed by atoms with Crippen LogP contribution in [0.2, 0.25) is 0 Å². The number of rotatable bonds is 5.